The molecule has 1 aliphatic heterocycles. The highest BCUT2D eigenvalue weighted by molar-refractivity contribution is 6.09. The van der Waals surface area contributed by atoms with Gasteiger partial charge in [0.2, 0.25) is 0 Å². The number of imidazole rings is 1. The third-order valence-electron chi connectivity index (χ3n) is 8.41. The molecule has 0 bridgehead atoms. The van der Waals surface area contributed by atoms with E-state index in [0.717, 1.165) is 48.6 Å². The van der Waals surface area contributed by atoms with E-state index in [1.165, 1.54) is 32.1 Å². The van der Waals surface area contributed by atoms with Gasteiger partial charge >= 0.3 is 0 Å². The molecule has 1 spiro atoms. The number of pyridine rings is 1. The first-order valence-corrected chi connectivity index (χ1v) is 13.0. The molecule has 7 rings (SSSR count). The second-order valence-electron chi connectivity index (χ2n) is 11.1. The van der Waals surface area contributed by atoms with E-state index in [1.54, 1.807) is 6.07 Å². The Bertz CT molecular complexity index is 1560. The van der Waals surface area contributed by atoms with E-state index in [4.69, 9.17) is 10.7 Å². The molecule has 2 amide bonds. The van der Waals surface area contributed by atoms with Gasteiger partial charge in [0.15, 0.2) is 5.82 Å². The number of fused-ring (bicyclic) bond motifs is 2. The maximum Gasteiger partial charge on any atom is 0.253 e. The van der Waals surface area contributed by atoms with Crippen molar-refractivity contribution in [1.82, 2.24) is 24.0 Å². The van der Waals surface area contributed by atoms with E-state index in [2.05, 4.69) is 21.7 Å². The normalized spacial score (nSPS) is 18.9. The van der Waals surface area contributed by atoms with Crippen molar-refractivity contribution in [3.63, 3.8) is 0 Å². The molecule has 2 aliphatic carbocycles. The first kappa shape index (κ1) is 21.6. The van der Waals surface area contributed by atoms with Crippen LogP contribution in [0.15, 0.2) is 36.5 Å². The molecule has 3 fully saturated rings. The second-order valence-corrected chi connectivity index (χ2v) is 11.1. The van der Waals surface area contributed by atoms with E-state index in [-0.39, 0.29) is 5.91 Å². The number of amides is 2. The molecule has 1 aromatic carbocycles. The predicted molar refractivity (Wildman–Crippen MR) is 137 cm³/mol. The van der Waals surface area contributed by atoms with E-state index >= 15 is 0 Å². The van der Waals surface area contributed by atoms with Crippen LogP contribution >= 0.6 is 0 Å². The molecule has 184 valence electrons. The summed E-state index contributed by atoms with van der Waals surface area (Å²) >= 11 is 0. The standard InChI is InChI=1S/C28H30N6O2/c1-32-23-20(24(29)35)12-19(27(36)33-11-3-7-28(16-33)8-9-28)13-21(23)31-26(32)22-14-18-4-2-10-30-25(18)34(22)15-17-5-6-17/h2,4,10,12-14,17H,3,5-9,11,15-16H2,1H3,(H2,29,35). The zero-order chi connectivity index (χ0) is 24.6. The van der Waals surface area contributed by atoms with Crippen molar-refractivity contribution in [3.8, 4) is 11.5 Å². The van der Waals surface area contributed by atoms with Gasteiger partial charge in [0.05, 0.1) is 22.3 Å². The molecule has 4 aromatic rings. The monoisotopic (exact) mass is 482 g/mol. The van der Waals surface area contributed by atoms with Gasteiger partial charge in [0.1, 0.15) is 5.65 Å². The molecular weight excluding hydrogens is 452 g/mol. The number of hydrogen-bond acceptors (Lipinski definition) is 4. The molecule has 3 aromatic heterocycles. The maximum absolute atomic E-state index is 13.5. The predicted octanol–water partition coefficient (Wildman–Crippen LogP) is 4.12. The van der Waals surface area contributed by atoms with Gasteiger partial charge < -0.3 is 19.8 Å². The summed E-state index contributed by atoms with van der Waals surface area (Å²) in [5.41, 5.74) is 10.2. The third kappa shape index (κ3) is 3.42. The molecule has 2 N–H and O–H groups in total. The first-order valence-electron chi connectivity index (χ1n) is 13.0. The van der Waals surface area contributed by atoms with Crippen LogP contribution in [0.2, 0.25) is 0 Å². The van der Waals surface area contributed by atoms with Crippen molar-refractivity contribution in [2.75, 3.05) is 13.1 Å². The number of aromatic nitrogens is 4. The topological polar surface area (TPSA) is 99.0 Å². The summed E-state index contributed by atoms with van der Waals surface area (Å²) < 4.78 is 4.18. The molecule has 2 saturated carbocycles. The van der Waals surface area contributed by atoms with Gasteiger partial charge in [0.25, 0.3) is 11.8 Å². The highest BCUT2D eigenvalue weighted by atomic mass is 16.2. The van der Waals surface area contributed by atoms with Crippen molar-refractivity contribution in [3.05, 3.63) is 47.7 Å². The van der Waals surface area contributed by atoms with Crippen molar-refractivity contribution in [1.29, 1.82) is 0 Å². The largest absolute Gasteiger partial charge is 0.366 e. The Hall–Kier alpha value is -3.68. The number of nitrogens with zero attached hydrogens (tertiary/aromatic N) is 5. The number of rotatable bonds is 5. The Morgan fingerprint density at radius 3 is 2.75 bits per heavy atom. The van der Waals surface area contributed by atoms with Gasteiger partial charge in [-0.05, 0) is 80.2 Å². The van der Waals surface area contributed by atoms with Crippen molar-refractivity contribution < 1.29 is 9.59 Å². The summed E-state index contributed by atoms with van der Waals surface area (Å²) in [6.07, 6.45) is 8.91. The van der Waals surface area contributed by atoms with Crippen LogP contribution in [0.25, 0.3) is 33.6 Å². The third-order valence-corrected chi connectivity index (χ3v) is 8.41. The SMILES string of the molecule is Cn1c(-c2cc3cccnc3n2CC2CC2)nc2cc(C(=O)N3CCCC4(CC4)C3)cc(C(N)=O)c21. The zero-order valence-electron chi connectivity index (χ0n) is 20.5. The van der Waals surface area contributed by atoms with Crippen molar-refractivity contribution in [2.24, 2.45) is 24.1 Å². The lowest BCUT2D eigenvalue weighted by Gasteiger charge is -2.33. The molecule has 3 aliphatic rings. The average molecular weight is 483 g/mol. The molecule has 8 nitrogen and oxygen atoms in total. The van der Waals surface area contributed by atoms with Gasteiger partial charge in [-0.1, -0.05) is 0 Å². The van der Waals surface area contributed by atoms with Crippen molar-refractivity contribution >= 4 is 33.9 Å². The smallest absolute Gasteiger partial charge is 0.253 e. The van der Waals surface area contributed by atoms with Gasteiger partial charge in [-0.2, -0.15) is 0 Å². The fourth-order valence-corrected chi connectivity index (χ4v) is 6.06. The fourth-order valence-electron chi connectivity index (χ4n) is 6.06. The Balaban J connectivity index is 1.36. The number of carbonyl (C=O) groups excluding carboxylic acids is 2. The van der Waals surface area contributed by atoms with Crippen LogP contribution in [0, 0.1) is 11.3 Å². The minimum absolute atomic E-state index is 0.0374. The molecule has 1 saturated heterocycles. The van der Waals surface area contributed by atoms with Crippen LogP contribution in [0.1, 0.15) is 59.2 Å². The highest BCUT2D eigenvalue weighted by Crippen LogP contribution is 2.52. The van der Waals surface area contributed by atoms with E-state index in [0.29, 0.717) is 33.5 Å². The fraction of sp³-hybridized carbons (Fsp3) is 0.429. The lowest BCUT2D eigenvalue weighted by Crippen LogP contribution is -2.40. The molecule has 8 heteroatoms. The molecule has 36 heavy (non-hydrogen) atoms. The number of likely N-dealkylation sites (tertiary alicyclic amines) is 1. The number of benzene rings is 1. The number of hydrogen-bond donors (Lipinski definition) is 1. The van der Waals surface area contributed by atoms with E-state index < -0.39 is 5.91 Å². The Kier molecular flexibility index (Phi) is 4.59. The lowest BCUT2D eigenvalue weighted by atomic mass is 9.94. The van der Waals surface area contributed by atoms with Crippen LogP contribution in [-0.2, 0) is 13.6 Å². The van der Waals surface area contributed by atoms with E-state index in [1.807, 2.05) is 34.8 Å². The Morgan fingerprint density at radius 2 is 2.00 bits per heavy atom. The number of aryl methyl sites for hydroxylation is 1. The zero-order valence-corrected chi connectivity index (χ0v) is 20.5. The number of primary amides is 1. The molecule has 0 unspecified atom stereocenters. The summed E-state index contributed by atoms with van der Waals surface area (Å²) in [4.78, 5) is 37.7. The average Bonchev–Trinajstić information content (AvgIpc) is 3.79. The Labute approximate surface area is 209 Å². The van der Waals surface area contributed by atoms with Gasteiger partial charge in [0, 0.05) is 43.8 Å². The first-order chi connectivity index (χ1) is 17.4. The molecule has 0 atom stereocenters. The minimum Gasteiger partial charge on any atom is -0.366 e. The molecule has 0 radical (unpaired) electrons. The number of nitrogens with two attached hydrogens (primary N) is 1. The minimum atomic E-state index is -0.554. The maximum atomic E-state index is 13.5. The second kappa shape index (κ2) is 7.66. The number of carbonyl (C=O) groups is 2. The van der Waals surface area contributed by atoms with E-state index in [9.17, 15) is 9.59 Å². The summed E-state index contributed by atoms with van der Waals surface area (Å²) in [6, 6.07) is 9.61. The van der Waals surface area contributed by atoms with Crippen LogP contribution in [-0.4, -0.2) is 48.9 Å². The van der Waals surface area contributed by atoms with Gasteiger partial charge in [-0.25, -0.2) is 9.97 Å². The van der Waals surface area contributed by atoms with Crippen LogP contribution in [0.5, 0.6) is 0 Å². The molecular formula is C28H30N6O2. The summed E-state index contributed by atoms with van der Waals surface area (Å²) in [5, 5.41) is 1.06. The summed E-state index contributed by atoms with van der Waals surface area (Å²) in [7, 11) is 1.91. The molecule has 4 heterocycles. The van der Waals surface area contributed by atoms with Crippen LogP contribution < -0.4 is 5.73 Å². The van der Waals surface area contributed by atoms with Crippen molar-refractivity contribution in [2.45, 2.75) is 45.1 Å². The summed E-state index contributed by atoms with van der Waals surface area (Å²) in [5.74, 6) is 0.803. The van der Waals surface area contributed by atoms with Gasteiger partial charge in [-0.15, -0.1) is 0 Å². The summed E-state index contributed by atoms with van der Waals surface area (Å²) in [6.45, 7) is 2.45. The van der Waals surface area contributed by atoms with Gasteiger partial charge in [-0.3, -0.25) is 9.59 Å². The van der Waals surface area contributed by atoms with Crippen LogP contribution in [0.3, 0.4) is 0 Å². The quantitative estimate of drug-likeness (QED) is 0.463. The highest BCUT2D eigenvalue weighted by Gasteiger charge is 2.46. The Morgan fingerprint density at radius 1 is 1.17 bits per heavy atom. The number of piperidine rings is 1. The lowest BCUT2D eigenvalue weighted by molar-refractivity contribution is 0.0655. The van der Waals surface area contributed by atoms with Crippen LogP contribution in [0.4, 0.5) is 0 Å².